The van der Waals surface area contributed by atoms with Crippen LogP contribution in [-0.2, 0) is 0 Å². The molecule has 1 aliphatic rings. The molecule has 0 saturated carbocycles. The molecule has 1 saturated heterocycles. The van der Waals surface area contributed by atoms with Crippen LogP contribution in [0.25, 0.3) is 0 Å². The zero-order chi connectivity index (χ0) is 16.9. The third kappa shape index (κ3) is 3.66. The smallest absolute Gasteiger partial charge is 0.159 e. The van der Waals surface area contributed by atoms with Gasteiger partial charge in [0.2, 0.25) is 0 Å². The minimum atomic E-state index is 0.176. The number of pyridine rings is 1. The summed E-state index contributed by atoms with van der Waals surface area (Å²) >= 11 is 6.07. The van der Waals surface area contributed by atoms with Gasteiger partial charge in [0.05, 0.1) is 12.3 Å². The Kier molecular flexibility index (Phi) is 5.29. The van der Waals surface area contributed by atoms with Crippen LogP contribution in [0.4, 0.5) is 23.0 Å². The fourth-order valence-corrected chi connectivity index (χ4v) is 2.84. The molecule has 8 nitrogen and oxygen atoms in total. The van der Waals surface area contributed by atoms with Gasteiger partial charge in [0.25, 0.3) is 0 Å². The second kappa shape index (κ2) is 7.61. The van der Waals surface area contributed by atoms with Crippen molar-refractivity contribution < 1.29 is 5.11 Å². The number of nitrogens with zero attached hydrogens (tertiary/aromatic N) is 5. The number of aliphatic hydroxyl groups is 1. The zero-order valence-corrected chi connectivity index (χ0v) is 13.9. The lowest BCUT2D eigenvalue weighted by molar-refractivity contribution is 0.188. The van der Waals surface area contributed by atoms with Crippen LogP contribution in [0.1, 0.15) is 0 Å². The highest BCUT2D eigenvalue weighted by Gasteiger charge is 2.21. The minimum Gasteiger partial charge on any atom is -0.395 e. The summed E-state index contributed by atoms with van der Waals surface area (Å²) in [7, 11) is 0. The zero-order valence-electron chi connectivity index (χ0n) is 13.2. The van der Waals surface area contributed by atoms with Crippen LogP contribution in [0.15, 0.2) is 24.7 Å². The van der Waals surface area contributed by atoms with Gasteiger partial charge in [-0.1, -0.05) is 11.6 Å². The molecule has 24 heavy (non-hydrogen) atoms. The van der Waals surface area contributed by atoms with Crippen LogP contribution in [-0.4, -0.2) is 64.3 Å². The maximum atomic E-state index is 9.02. The molecule has 0 atom stereocenters. The van der Waals surface area contributed by atoms with Gasteiger partial charge in [-0.05, 0) is 12.1 Å². The molecule has 2 aromatic rings. The van der Waals surface area contributed by atoms with Crippen molar-refractivity contribution in [3.05, 3.63) is 29.8 Å². The molecule has 3 rings (SSSR count). The molecule has 1 aliphatic heterocycles. The van der Waals surface area contributed by atoms with E-state index < -0.39 is 0 Å². The van der Waals surface area contributed by atoms with Gasteiger partial charge in [-0.3, -0.25) is 4.90 Å². The average Bonchev–Trinajstić information content (AvgIpc) is 2.60. The Morgan fingerprint density at radius 2 is 2.00 bits per heavy atom. The van der Waals surface area contributed by atoms with E-state index in [1.54, 1.807) is 12.3 Å². The summed E-state index contributed by atoms with van der Waals surface area (Å²) < 4.78 is 0. The Balaban J connectivity index is 1.76. The summed E-state index contributed by atoms with van der Waals surface area (Å²) in [6.45, 7) is 4.19. The van der Waals surface area contributed by atoms with Gasteiger partial charge in [0.1, 0.15) is 12.0 Å². The van der Waals surface area contributed by atoms with Crippen LogP contribution in [0, 0.1) is 0 Å². The molecule has 2 aromatic heterocycles. The molecule has 0 radical (unpaired) electrons. The number of nitrogens with one attached hydrogen (secondary N) is 1. The minimum absolute atomic E-state index is 0.176. The number of anilines is 4. The summed E-state index contributed by atoms with van der Waals surface area (Å²) in [5.74, 6) is 1.21. The predicted molar refractivity (Wildman–Crippen MR) is 94.7 cm³/mol. The number of aromatic nitrogens is 3. The molecule has 128 valence electrons. The third-order valence-corrected chi connectivity index (χ3v) is 4.26. The molecule has 0 aliphatic carbocycles. The van der Waals surface area contributed by atoms with E-state index in [4.69, 9.17) is 22.4 Å². The van der Waals surface area contributed by atoms with Crippen molar-refractivity contribution in [2.24, 2.45) is 0 Å². The normalized spacial score (nSPS) is 15.5. The van der Waals surface area contributed by atoms with Gasteiger partial charge in [0, 0.05) is 38.9 Å². The van der Waals surface area contributed by atoms with Gasteiger partial charge in [0.15, 0.2) is 16.8 Å². The standard InChI is InChI=1S/C15H20ClN7O/c16-13-11(2-1-3-18-13)21-14-12(17)15(20-10-19-14)23-6-4-22(5-7-23)8-9-24/h1-3,10,24H,4-9,17H2,(H,19,20,21). The number of piperazine rings is 1. The fourth-order valence-electron chi connectivity index (χ4n) is 2.67. The Bertz CT molecular complexity index is 691. The number of halogens is 1. The topological polar surface area (TPSA) is 103 Å². The van der Waals surface area contributed by atoms with Gasteiger partial charge in [-0.2, -0.15) is 0 Å². The number of β-amino-alcohol motifs (C(OH)–C–C–N with tert-alkyl or cyclic N) is 1. The molecule has 3 heterocycles. The van der Waals surface area contributed by atoms with Crippen molar-refractivity contribution in [3.63, 3.8) is 0 Å². The predicted octanol–water partition coefficient (Wildman–Crippen LogP) is 0.965. The van der Waals surface area contributed by atoms with Gasteiger partial charge >= 0.3 is 0 Å². The molecule has 0 amide bonds. The average molecular weight is 350 g/mol. The number of hydrogen-bond acceptors (Lipinski definition) is 8. The molecule has 0 bridgehead atoms. The highest BCUT2D eigenvalue weighted by Crippen LogP contribution is 2.30. The second-order valence-corrected chi connectivity index (χ2v) is 5.84. The Labute approximate surface area is 145 Å². The molecular formula is C15H20ClN7O. The first-order valence-electron chi connectivity index (χ1n) is 7.75. The molecule has 1 fully saturated rings. The lowest BCUT2D eigenvalue weighted by atomic mass is 10.3. The molecule has 0 aromatic carbocycles. The van der Waals surface area contributed by atoms with Gasteiger partial charge < -0.3 is 21.1 Å². The quantitative estimate of drug-likeness (QED) is 0.686. The van der Waals surface area contributed by atoms with E-state index in [1.807, 2.05) is 6.07 Å². The number of rotatable bonds is 5. The second-order valence-electron chi connectivity index (χ2n) is 5.48. The van der Waals surface area contributed by atoms with Crippen LogP contribution in [0.2, 0.25) is 5.15 Å². The van der Waals surface area contributed by atoms with Gasteiger partial charge in [-0.25, -0.2) is 15.0 Å². The van der Waals surface area contributed by atoms with E-state index in [-0.39, 0.29) is 6.61 Å². The van der Waals surface area contributed by atoms with E-state index >= 15 is 0 Å². The van der Waals surface area contributed by atoms with Crippen LogP contribution < -0.4 is 16.0 Å². The number of aliphatic hydroxyl groups excluding tert-OH is 1. The van der Waals surface area contributed by atoms with Crippen molar-refractivity contribution in [1.82, 2.24) is 19.9 Å². The summed E-state index contributed by atoms with van der Waals surface area (Å²) in [6.07, 6.45) is 3.10. The lowest BCUT2D eigenvalue weighted by Crippen LogP contribution is -2.47. The summed E-state index contributed by atoms with van der Waals surface area (Å²) in [4.78, 5) is 16.9. The van der Waals surface area contributed by atoms with Crippen molar-refractivity contribution in [2.45, 2.75) is 0 Å². The van der Waals surface area contributed by atoms with E-state index in [0.29, 0.717) is 34.7 Å². The number of nitrogen functional groups attached to an aromatic ring is 1. The van der Waals surface area contributed by atoms with Crippen molar-refractivity contribution in [3.8, 4) is 0 Å². The number of hydrogen-bond donors (Lipinski definition) is 3. The van der Waals surface area contributed by atoms with E-state index in [0.717, 1.165) is 26.2 Å². The van der Waals surface area contributed by atoms with E-state index in [1.165, 1.54) is 6.33 Å². The molecular weight excluding hydrogens is 330 g/mol. The Morgan fingerprint density at radius 3 is 2.71 bits per heavy atom. The SMILES string of the molecule is Nc1c(Nc2cccnc2Cl)ncnc1N1CCN(CCO)CC1. The molecule has 9 heteroatoms. The Hall–Kier alpha value is -2.16. The van der Waals surface area contributed by atoms with E-state index in [9.17, 15) is 0 Å². The van der Waals surface area contributed by atoms with Crippen molar-refractivity contribution in [2.75, 3.05) is 55.3 Å². The lowest BCUT2D eigenvalue weighted by Gasteiger charge is -2.35. The van der Waals surface area contributed by atoms with Gasteiger partial charge in [-0.15, -0.1) is 0 Å². The van der Waals surface area contributed by atoms with Crippen LogP contribution in [0.3, 0.4) is 0 Å². The monoisotopic (exact) mass is 349 g/mol. The highest BCUT2D eigenvalue weighted by molar-refractivity contribution is 6.32. The molecule has 4 N–H and O–H groups in total. The third-order valence-electron chi connectivity index (χ3n) is 3.96. The summed E-state index contributed by atoms with van der Waals surface area (Å²) in [5, 5.41) is 12.5. The fraction of sp³-hybridized carbons (Fsp3) is 0.400. The first-order valence-corrected chi connectivity index (χ1v) is 8.13. The molecule has 0 spiro atoms. The highest BCUT2D eigenvalue weighted by atomic mass is 35.5. The largest absolute Gasteiger partial charge is 0.395 e. The summed E-state index contributed by atoms with van der Waals surface area (Å²) in [6, 6.07) is 3.59. The van der Waals surface area contributed by atoms with Crippen molar-refractivity contribution in [1.29, 1.82) is 0 Å². The first kappa shape index (κ1) is 16.7. The maximum Gasteiger partial charge on any atom is 0.159 e. The number of nitrogens with two attached hydrogens (primary N) is 1. The van der Waals surface area contributed by atoms with Crippen molar-refractivity contribution >= 4 is 34.6 Å². The van der Waals surface area contributed by atoms with E-state index in [2.05, 4.69) is 30.1 Å². The maximum absolute atomic E-state index is 9.02. The Morgan fingerprint density at radius 1 is 1.21 bits per heavy atom. The first-order chi connectivity index (χ1) is 11.7. The van der Waals surface area contributed by atoms with Crippen LogP contribution >= 0.6 is 11.6 Å². The summed E-state index contributed by atoms with van der Waals surface area (Å²) in [5.41, 5.74) is 7.38. The molecule has 0 unspecified atom stereocenters. The van der Waals surface area contributed by atoms with Crippen LogP contribution in [0.5, 0.6) is 0 Å².